The molecule has 1 atom stereocenters. The fourth-order valence-electron chi connectivity index (χ4n) is 2.43. The zero-order valence-corrected chi connectivity index (χ0v) is 11.9. The lowest BCUT2D eigenvalue weighted by Gasteiger charge is -2.36. The Labute approximate surface area is 110 Å². The summed E-state index contributed by atoms with van der Waals surface area (Å²) in [6, 6.07) is 0. The van der Waals surface area contributed by atoms with Crippen molar-refractivity contribution < 1.29 is 14.3 Å². The van der Waals surface area contributed by atoms with E-state index >= 15 is 0 Å². The standard InChI is InChI=1S/C14H27NO3/c1-4-17-9-12(3)18-13(16)14(10-15)7-5-11(2)6-8-14/h11-12H,4-10,15H2,1-3H3. The molecule has 1 saturated carbocycles. The average Bonchev–Trinajstić information content (AvgIpc) is 2.37. The Hall–Kier alpha value is -0.610. The Kier molecular flexibility index (Phi) is 6.09. The molecule has 4 heteroatoms. The molecule has 0 bridgehead atoms. The Bertz CT molecular complexity index is 260. The van der Waals surface area contributed by atoms with E-state index in [1.165, 1.54) is 0 Å². The van der Waals surface area contributed by atoms with Crippen molar-refractivity contribution in [3.63, 3.8) is 0 Å². The number of esters is 1. The summed E-state index contributed by atoms with van der Waals surface area (Å²) >= 11 is 0. The van der Waals surface area contributed by atoms with Gasteiger partial charge in [0.05, 0.1) is 12.0 Å². The molecule has 1 fully saturated rings. The van der Waals surface area contributed by atoms with Gasteiger partial charge in [0.1, 0.15) is 6.10 Å². The normalized spacial score (nSPS) is 29.9. The molecule has 2 N–H and O–H groups in total. The summed E-state index contributed by atoms with van der Waals surface area (Å²) in [6.45, 7) is 7.51. The van der Waals surface area contributed by atoms with Crippen molar-refractivity contribution in [3.05, 3.63) is 0 Å². The second-order valence-electron chi connectivity index (χ2n) is 5.54. The Morgan fingerprint density at radius 1 is 1.44 bits per heavy atom. The van der Waals surface area contributed by atoms with E-state index in [1.807, 2.05) is 13.8 Å². The fraction of sp³-hybridized carbons (Fsp3) is 0.929. The molecule has 1 rings (SSSR count). The van der Waals surface area contributed by atoms with Crippen molar-refractivity contribution in [3.8, 4) is 0 Å². The van der Waals surface area contributed by atoms with Gasteiger partial charge >= 0.3 is 5.97 Å². The molecule has 0 saturated heterocycles. The molecule has 18 heavy (non-hydrogen) atoms. The maximum Gasteiger partial charge on any atom is 0.313 e. The highest BCUT2D eigenvalue weighted by molar-refractivity contribution is 5.77. The maximum absolute atomic E-state index is 12.3. The molecular weight excluding hydrogens is 230 g/mol. The van der Waals surface area contributed by atoms with Gasteiger partial charge in [0.15, 0.2) is 0 Å². The van der Waals surface area contributed by atoms with E-state index in [4.69, 9.17) is 15.2 Å². The molecule has 0 aromatic rings. The zero-order valence-electron chi connectivity index (χ0n) is 11.9. The summed E-state index contributed by atoms with van der Waals surface area (Å²) in [7, 11) is 0. The summed E-state index contributed by atoms with van der Waals surface area (Å²) in [5.74, 6) is 0.558. The summed E-state index contributed by atoms with van der Waals surface area (Å²) in [5.41, 5.74) is 5.38. The van der Waals surface area contributed by atoms with E-state index in [9.17, 15) is 4.79 Å². The number of carbonyl (C=O) groups excluding carboxylic acids is 1. The lowest BCUT2D eigenvalue weighted by atomic mass is 9.71. The third-order valence-electron chi connectivity index (χ3n) is 3.92. The highest BCUT2D eigenvalue weighted by Crippen LogP contribution is 2.39. The van der Waals surface area contributed by atoms with Crippen LogP contribution >= 0.6 is 0 Å². The van der Waals surface area contributed by atoms with Gasteiger partial charge in [-0.2, -0.15) is 0 Å². The van der Waals surface area contributed by atoms with Crippen LogP contribution in [0.25, 0.3) is 0 Å². The van der Waals surface area contributed by atoms with Crippen LogP contribution in [0, 0.1) is 11.3 Å². The van der Waals surface area contributed by atoms with Gasteiger partial charge in [-0.05, 0) is 45.4 Å². The second-order valence-corrected chi connectivity index (χ2v) is 5.54. The van der Waals surface area contributed by atoms with Gasteiger partial charge in [0.2, 0.25) is 0 Å². The third-order valence-corrected chi connectivity index (χ3v) is 3.92. The second kappa shape index (κ2) is 7.10. The molecule has 0 heterocycles. The number of carbonyl (C=O) groups is 1. The van der Waals surface area contributed by atoms with Gasteiger partial charge < -0.3 is 15.2 Å². The van der Waals surface area contributed by atoms with Crippen molar-refractivity contribution >= 4 is 5.97 Å². The Morgan fingerprint density at radius 2 is 2.06 bits per heavy atom. The molecule has 0 spiro atoms. The number of hydrogen-bond acceptors (Lipinski definition) is 4. The van der Waals surface area contributed by atoms with E-state index in [0.717, 1.165) is 25.7 Å². The molecule has 0 amide bonds. The summed E-state index contributed by atoms with van der Waals surface area (Å²) in [6.07, 6.45) is 3.63. The van der Waals surface area contributed by atoms with Crippen molar-refractivity contribution in [1.82, 2.24) is 0 Å². The zero-order chi connectivity index (χ0) is 13.6. The van der Waals surface area contributed by atoms with Crippen LogP contribution in [0.4, 0.5) is 0 Å². The summed E-state index contributed by atoms with van der Waals surface area (Å²) < 4.78 is 10.7. The highest BCUT2D eigenvalue weighted by Gasteiger charge is 2.41. The monoisotopic (exact) mass is 257 g/mol. The van der Waals surface area contributed by atoms with E-state index in [-0.39, 0.29) is 12.1 Å². The Morgan fingerprint density at radius 3 is 2.56 bits per heavy atom. The van der Waals surface area contributed by atoms with Gasteiger partial charge in [-0.15, -0.1) is 0 Å². The first kappa shape index (κ1) is 15.4. The van der Waals surface area contributed by atoms with Crippen molar-refractivity contribution in [2.24, 2.45) is 17.1 Å². The van der Waals surface area contributed by atoms with Crippen LogP contribution in [0.1, 0.15) is 46.5 Å². The van der Waals surface area contributed by atoms with E-state index in [0.29, 0.717) is 25.7 Å². The van der Waals surface area contributed by atoms with E-state index in [1.54, 1.807) is 0 Å². The van der Waals surface area contributed by atoms with Crippen molar-refractivity contribution in [2.75, 3.05) is 19.8 Å². The molecule has 1 aliphatic carbocycles. The molecule has 4 nitrogen and oxygen atoms in total. The predicted molar refractivity (Wildman–Crippen MR) is 71.2 cm³/mol. The quantitative estimate of drug-likeness (QED) is 0.740. The summed E-state index contributed by atoms with van der Waals surface area (Å²) in [5, 5.41) is 0. The SMILES string of the molecule is CCOCC(C)OC(=O)C1(CN)CCC(C)CC1. The first-order chi connectivity index (χ1) is 8.54. The van der Waals surface area contributed by atoms with Crippen molar-refractivity contribution in [1.29, 1.82) is 0 Å². The average molecular weight is 257 g/mol. The number of ether oxygens (including phenoxy) is 2. The largest absolute Gasteiger partial charge is 0.460 e. The molecule has 1 aliphatic rings. The van der Waals surface area contributed by atoms with Crippen molar-refractivity contribution in [2.45, 2.75) is 52.6 Å². The Balaban J connectivity index is 2.51. The van der Waals surface area contributed by atoms with Crippen LogP contribution in [0.15, 0.2) is 0 Å². The first-order valence-electron chi connectivity index (χ1n) is 7.03. The van der Waals surface area contributed by atoms with Gasteiger partial charge in [-0.25, -0.2) is 0 Å². The van der Waals surface area contributed by atoms with E-state index in [2.05, 4.69) is 6.92 Å². The van der Waals surface area contributed by atoms with Crippen LogP contribution in [-0.2, 0) is 14.3 Å². The van der Waals surface area contributed by atoms with Gasteiger partial charge in [0, 0.05) is 13.2 Å². The minimum absolute atomic E-state index is 0.135. The van der Waals surface area contributed by atoms with Crippen LogP contribution in [0.5, 0.6) is 0 Å². The predicted octanol–water partition coefficient (Wildman–Crippen LogP) is 2.11. The lowest BCUT2D eigenvalue weighted by Crippen LogP contribution is -2.44. The van der Waals surface area contributed by atoms with Crippen LogP contribution in [0.2, 0.25) is 0 Å². The van der Waals surface area contributed by atoms with Gasteiger partial charge in [-0.3, -0.25) is 4.79 Å². The molecule has 1 unspecified atom stereocenters. The molecule has 106 valence electrons. The van der Waals surface area contributed by atoms with E-state index < -0.39 is 5.41 Å². The molecular formula is C14H27NO3. The third kappa shape index (κ3) is 3.95. The minimum Gasteiger partial charge on any atom is -0.460 e. The molecule has 0 aromatic carbocycles. The van der Waals surface area contributed by atoms with Crippen LogP contribution in [0.3, 0.4) is 0 Å². The van der Waals surface area contributed by atoms with Gasteiger partial charge in [-0.1, -0.05) is 6.92 Å². The number of nitrogens with two attached hydrogens (primary N) is 1. The highest BCUT2D eigenvalue weighted by atomic mass is 16.6. The molecule has 0 aromatic heterocycles. The fourth-order valence-corrected chi connectivity index (χ4v) is 2.43. The number of hydrogen-bond donors (Lipinski definition) is 1. The molecule has 0 radical (unpaired) electrons. The van der Waals surface area contributed by atoms with Gasteiger partial charge in [0.25, 0.3) is 0 Å². The lowest BCUT2D eigenvalue weighted by molar-refractivity contribution is -0.165. The molecule has 0 aliphatic heterocycles. The number of rotatable bonds is 6. The topological polar surface area (TPSA) is 61.5 Å². The maximum atomic E-state index is 12.3. The summed E-state index contributed by atoms with van der Waals surface area (Å²) in [4.78, 5) is 12.3. The van der Waals surface area contributed by atoms with Crippen LogP contribution < -0.4 is 5.73 Å². The minimum atomic E-state index is -0.451. The first-order valence-corrected chi connectivity index (χ1v) is 7.03. The smallest absolute Gasteiger partial charge is 0.313 e. The van der Waals surface area contributed by atoms with Crippen LogP contribution in [-0.4, -0.2) is 31.8 Å².